The van der Waals surface area contributed by atoms with E-state index in [1.54, 1.807) is 0 Å². The zero-order chi connectivity index (χ0) is 15.1. The third-order valence-corrected chi connectivity index (χ3v) is 4.10. The highest BCUT2D eigenvalue weighted by Crippen LogP contribution is 2.35. The van der Waals surface area contributed by atoms with Crippen molar-refractivity contribution >= 4 is 32.3 Å². The molecule has 0 fully saturated rings. The molecule has 0 heterocycles. The molecule has 0 aromatic heterocycles. The number of fused-ring (bicyclic) bond motifs is 5. The largest absolute Gasteiger partial charge is 0.192 e. The molecule has 100 valence electrons. The summed E-state index contributed by atoms with van der Waals surface area (Å²) in [7, 11) is 0. The second-order valence-corrected chi connectivity index (χ2v) is 5.26. The van der Waals surface area contributed by atoms with Gasteiger partial charge in [-0.3, -0.25) is 0 Å². The summed E-state index contributed by atoms with van der Waals surface area (Å²) in [5, 5.41) is 24.9. The van der Waals surface area contributed by atoms with Gasteiger partial charge in [0.05, 0.1) is 23.3 Å². The van der Waals surface area contributed by atoms with Crippen LogP contribution in [0, 0.1) is 22.7 Å². The van der Waals surface area contributed by atoms with Crippen molar-refractivity contribution in [1.82, 2.24) is 0 Å². The van der Waals surface area contributed by atoms with Gasteiger partial charge < -0.3 is 0 Å². The maximum absolute atomic E-state index is 9.42. The molecule has 0 amide bonds. The molecular formula is C20H10N2. The number of benzene rings is 4. The van der Waals surface area contributed by atoms with Crippen LogP contribution in [0.2, 0.25) is 0 Å². The lowest BCUT2D eigenvalue weighted by Crippen LogP contribution is -1.88. The van der Waals surface area contributed by atoms with Crippen LogP contribution in [0.4, 0.5) is 0 Å². The lowest BCUT2D eigenvalue weighted by molar-refractivity contribution is 1.50. The molecule has 0 radical (unpaired) electrons. The Morgan fingerprint density at radius 1 is 0.591 bits per heavy atom. The first-order valence-electron chi connectivity index (χ1n) is 7.01. The van der Waals surface area contributed by atoms with E-state index in [9.17, 15) is 10.5 Å². The summed E-state index contributed by atoms with van der Waals surface area (Å²) in [6.45, 7) is 0. The quantitative estimate of drug-likeness (QED) is 0.430. The summed E-state index contributed by atoms with van der Waals surface area (Å²) < 4.78 is 0. The highest BCUT2D eigenvalue weighted by molar-refractivity contribution is 6.22. The molecule has 0 N–H and O–H groups in total. The molecule has 22 heavy (non-hydrogen) atoms. The molecule has 0 aliphatic rings. The minimum Gasteiger partial charge on any atom is -0.192 e. The van der Waals surface area contributed by atoms with Gasteiger partial charge in [-0.25, -0.2) is 0 Å². The van der Waals surface area contributed by atoms with Gasteiger partial charge in [-0.1, -0.05) is 48.5 Å². The Balaban J connectivity index is 2.40. The highest BCUT2D eigenvalue weighted by atomic mass is 14.3. The van der Waals surface area contributed by atoms with Gasteiger partial charge in [-0.05, 0) is 33.7 Å². The van der Waals surface area contributed by atoms with Crippen molar-refractivity contribution in [3.05, 3.63) is 71.8 Å². The van der Waals surface area contributed by atoms with Crippen molar-refractivity contribution < 1.29 is 0 Å². The predicted octanol–water partition coefficient (Wildman–Crippen LogP) is 4.89. The van der Waals surface area contributed by atoms with Crippen LogP contribution >= 0.6 is 0 Å². The van der Waals surface area contributed by atoms with Crippen molar-refractivity contribution in [2.75, 3.05) is 0 Å². The summed E-state index contributed by atoms with van der Waals surface area (Å²) in [5.41, 5.74) is 1.28. The fraction of sp³-hybridized carbons (Fsp3) is 0. The van der Waals surface area contributed by atoms with Crippen LogP contribution in [-0.2, 0) is 0 Å². The van der Waals surface area contributed by atoms with Crippen molar-refractivity contribution in [2.24, 2.45) is 0 Å². The molecular weight excluding hydrogens is 268 g/mol. The van der Waals surface area contributed by atoms with Gasteiger partial charge in [-0.2, -0.15) is 10.5 Å². The van der Waals surface area contributed by atoms with Gasteiger partial charge in [0.1, 0.15) is 0 Å². The highest BCUT2D eigenvalue weighted by Gasteiger charge is 2.11. The van der Waals surface area contributed by atoms with Gasteiger partial charge in [0, 0.05) is 10.8 Å². The lowest BCUT2D eigenvalue weighted by Gasteiger charge is -2.10. The Hall–Kier alpha value is -3.36. The van der Waals surface area contributed by atoms with Crippen LogP contribution in [-0.4, -0.2) is 0 Å². The third kappa shape index (κ3) is 1.59. The molecule has 4 aromatic rings. The lowest BCUT2D eigenvalue weighted by atomic mass is 9.91. The van der Waals surface area contributed by atoms with Gasteiger partial charge in [0.25, 0.3) is 0 Å². The maximum atomic E-state index is 9.42. The van der Waals surface area contributed by atoms with E-state index in [2.05, 4.69) is 12.1 Å². The van der Waals surface area contributed by atoms with Crippen LogP contribution in [0.5, 0.6) is 0 Å². The van der Waals surface area contributed by atoms with Crippen molar-refractivity contribution in [1.29, 1.82) is 10.5 Å². The first-order chi connectivity index (χ1) is 10.8. The predicted molar refractivity (Wildman–Crippen MR) is 88.4 cm³/mol. The van der Waals surface area contributed by atoms with Crippen LogP contribution in [0.15, 0.2) is 60.7 Å². The molecule has 4 aromatic carbocycles. The van der Waals surface area contributed by atoms with Crippen LogP contribution in [0.3, 0.4) is 0 Å². The first kappa shape index (κ1) is 12.4. The maximum Gasteiger partial charge on any atom is 0.0998 e. The zero-order valence-electron chi connectivity index (χ0n) is 11.7. The van der Waals surface area contributed by atoms with E-state index in [4.69, 9.17) is 0 Å². The number of hydrogen-bond acceptors (Lipinski definition) is 2. The fourth-order valence-corrected chi connectivity index (χ4v) is 3.17. The molecule has 0 unspecified atom stereocenters. The second kappa shape index (κ2) is 4.58. The molecule has 0 aliphatic heterocycles. The monoisotopic (exact) mass is 278 g/mol. The number of rotatable bonds is 0. The van der Waals surface area contributed by atoms with Crippen LogP contribution in [0.25, 0.3) is 32.3 Å². The molecule has 0 aliphatic carbocycles. The average molecular weight is 278 g/mol. The standard InChI is InChI=1S/C20H10N2/c21-11-14-9-13-10-15(12-22)17-6-2-4-8-19(17)20(13)18-7-3-1-5-16(14)18/h1-10H. The van der Waals surface area contributed by atoms with E-state index >= 15 is 0 Å². The van der Waals surface area contributed by atoms with Crippen molar-refractivity contribution in [3.8, 4) is 12.1 Å². The fourth-order valence-electron chi connectivity index (χ4n) is 3.17. The van der Waals surface area contributed by atoms with Gasteiger partial charge in [0.15, 0.2) is 0 Å². The number of hydrogen-bond donors (Lipinski definition) is 0. The second-order valence-electron chi connectivity index (χ2n) is 5.26. The van der Waals surface area contributed by atoms with E-state index in [0.717, 1.165) is 32.3 Å². The molecule has 4 rings (SSSR count). The minimum atomic E-state index is 0.641. The van der Waals surface area contributed by atoms with E-state index < -0.39 is 0 Å². The molecule has 0 bridgehead atoms. The van der Waals surface area contributed by atoms with Crippen molar-refractivity contribution in [3.63, 3.8) is 0 Å². The summed E-state index contributed by atoms with van der Waals surface area (Å²) >= 11 is 0. The van der Waals surface area contributed by atoms with E-state index in [1.165, 1.54) is 0 Å². The Morgan fingerprint density at radius 3 is 1.41 bits per heavy atom. The van der Waals surface area contributed by atoms with E-state index in [0.29, 0.717) is 11.1 Å². The molecule has 2 heteroatoms. The van der Waals surface area contributed by atoms with Crippen LogP contribution < -0.4 is 0 Å². The Morgan fingerprint density at radius 2 is 1.00 bits per heavy atom. The van der Waals surface area contributed by atoms with Crippen LogP contribution in [0.1, 0.15) is 11.1 Å². The molecule has 0 saturated heterocycles. The topological polar surface area (TPSA) is 47.6 Å². The summed E-state index contributed by atoms with van der Waals surface area (Å²) in [5.74, 6) is 0. The molecule has 0 spiro atoms. The van der Waals surface area contributed by atoms with E-state index in [1.807, 2.05) is 60.7 Å². The Kier molecular flexibility index (Phi) is 2.58. The SMILES string of the molecule is N#Cc1cc2cc(C#N)c3ccccc3c2c2ccccc12. The average Bonchev–Trinajstić information content (AvgIpc) is 2.59. The van der Waals surface area contributed by atoms with E-state index in [-0.39, 0.29) is 0 Å². The minimum absolute atomic E-state index is 0.641. The number of nitrogens with zero attached hydrogens (tertiary/aromatic N) is 2. The normalized spacial score (nSPS) is 10.6. The molecule has 2 nitrogen and oxygen atoms in total. The Labute approximate surface area is 127 Å². The molecule has 0 atom stereocenters. The summed E-state index contributed by atoms with van der Waals surface area (Å²) in [6.07, 6.45) is 0. The zero-order valence-corrected chi connectivity index (χ0v) is 11.7. The third-order valence-electron chi connectivity index (χ3n) is 4.10. The molecule has 0 saturated carbocycles. The van der Waals surface area contributed by atoms with Gasteiger partial charge in [0.2, 0.25) is 0 Å². The summed E-state index contributed by atoms with van der Waals surface area (Å²) in [6, 6.07) is 24.2. The van der Waals surface area contributed by atoms with Gasteiger partial charge >= 0.3 is 0 Å². The number of nitriles is 2. The first-order valence-corrected chi connectivity index (χ1v) is 7.01. The summed E-state index contributed by atoms with van der Waals surface area (Å²) in [4.78, 5) is 0. The smallest absolute Gasteiger partial charge is 0.0998 e. The van der Waals surface area contributed by atoms with Crippen molar-refractivity contribution in [2.45, 2.75) is 0 Å². The van der Waals surface area contributed by atoms with Gasteiger partial charge in [-0.15, -0.1) is 0 Å². The Bertz CT molecular complexity index is 1050.